The van der Waals surface area contributed by atoms with Crippen LogP contribution >= 0.6 is 0 Å². The molecular weight excluding hydrogens is 256 g/mol. The molecule has 0 aliphatic carbocycles. The summed E-state index contributed by atoms with van der Waals surface area (Å²) in [4.78, 5) is 23.2. The summed E-state index contributed by atoms with van der Waals surface area (Å²) < 4.78 is 9.42. The standard InChI is InChI=1S/C16H26O4/c1-6-19-14(17)12-13(15(18)20-7-2)10-8-9-11-16(3,4)5/h6-7,13H,1-2,8-12H2,3-5H3. The van der Waals surface area contributed by atoms with Gasteiger partial charge in [0.1, 0.15) is 0 Å². The molecule has 4 heteroatoms. The van der Waals surface area contributed by atoms with E-state index in [1.807, 2.05) is 0 Å². The van der Waals surface area contributed by atoms with Gasteiger partial charge in [-0.25, -0.2) is 0 Å². The fourth-order valence-corrected chi connectivity index (χ4v) is 1.87. The largest absolute Gasteiger partial charge is 0.435 e. The highest BCUT2D eigenvalue weighted by molar-refractivity contribution is 5.80. The van der Waals surface area contributed by atoms with Crippen LogP contribution in [0.25, 0.3) is 0 Å². The molecule has 0 aromatic rings. The van der Waals surface area contributed by atoms with E-state index in [0.717, 1.165) is 31.8 Å². The molecule has 0 aliphatic rings. The van der Waals surface area contributed by atoms with Gasteiger partial charge in [-0.1, -0.05) is 46.8 Å². The molecule has 0 rings (SSSR count). The maximum atomic E-state index is 11.7. The van der Waals surface area contributed by atoms with Gasteiger partial charge in [0.25, 0.3) is 0 Å². The van der Waals surface area contributed by atoms with E-state index >= 15 is 0 Å². The molecule has 0 aliphatic heterocycles. The molecule has 20 heavy (non-hydrogen) atoms. The maximum absolute atomic E-state index is 11.7. The highest BCUT2D eigenvalue weighted by Gasteiger charge is 2.23. The third-order valence-electron chi connectivity index (χ3n) is 2.89. The lowest BCUT2D eigenvalue weighted by molar-refractivity contribution is -0.149. The van der Waals surface area contributed by atoms with Crippen LogP contribution in [0.3, 0.4) is 0 Å². The minimum absolute atomic E-state index is 0.00815. The first-order chi connectivity index (χ1) is 9.30. The van der Waals surface area contributed by atoms with Gasteiger partial charge in [-0.2, -0.15) is 0 Å². The SMILES string of the molecule is C=COC(=O)CC(CCCCC(C)(C)C)C(=O)OC=C. The van der Waals surface area contributed by atoms with Crippen molar-refractivity contribution in [1.82, 2.24) is 0 Å². The van der Waals surface area contributed by atoms with Gasteiger partial charge in [-0.15, -0.1) is 0 Å². The van der Waals surface area contributed by atoms with Crippen LogP contribution in [-0.4, -0.2) is 11.9 Å². The fraction of sp³-hybridized carbons (Fsp3) is 0.625. The van der Waals surface area contributed by atoms with Gasteiger partial charge in [0, 0.05) is 0 Å². The molecular formula is C16H26O4. The van der Waals surface area contributed by atoms with E-state index in [2.05, 4.69) is 38.7 Å². The average molecular weight is 282 g/mol. The number of esters is 2. The summed E-state index contributed by atoms with van der Waals surface area (Å²) in [5, 5.41) is 0. The lowest BCUT2D eigenvalue weighted by Gasteiger charge is -2.18. The van der Waals surface area contributed by atoms with E-state index in [-0.39, 0.29) is 11.8 Å². The van der Waals surface area contributed by atoms with Crippen molar-refractivity contribution >= 4 is 11.9 Å². The van der Waals surface area contributed by atoms with E-state index in [1.54, 1.807) is 0 Å². The van der Waals surface area contributed by atoms with Crippen LogP contribution < -0.4 is 0 Å². The van der Waals surface area contributed by atoms with E-state index in [9.17, 15) is 9.59 Å². The number of ether oxygens (including phenoxy) is 2. The van der Waals surface area contributed by atoms with Crippen molar-refractivity contribution in [3.63, 3.8) is 0 Å². The zero-order valence-electron chi connectivity index (χ0n) is 12.8. The number of hydrogen-bond acceptors (Lipinski definition) is 4. The Morgan fingerprint density at radius 3 is 2.20 bits per heavy atom. The second-order valence-corrected chi connectivity index (χ2v) is 5.97. The molecule has 0 bridgehead atoms. The van der Waals surface area contributed by atoms with Crippen LogP contribution in [0.15, 0.2) is 25.7 Å². The number of unbranched alkanes of at least 4 members (excludes halogenated alkanes) is 1. The summed E-state index contributed by atoms with van der Waals surface area (Å²) in [5.74, 6) is -1.39. The first-order valence-electron chi connectivity index (χ1n) is 6.92. The minimum Gasteiger partial charge on any atom is -0.435 e. The molecule has 0 aromatic heterocycles. The van der Waals surface area contributed by atoms with Crippen molar-refractivity contribution in [2.24, 2.45) is 11.3 Å². The smallest absolute Gasteiger partial charge is 0.314 e. The highest BCUT2D eigenvalue weighted by atomic mass is 16.5. The van der Waals surface area contributed by atoms with Crippen molar-refractivity contribution in [2.75, 3.05) is 0 Å². The Balaban J connectivity index is 4.31. The molecule has 1 unspecified atom stereocenters. The second-order valence-electron chi connectivity index (χ2n) is 5.97. The Kier molecular flexibility index (Phi) is 8.61. The molecule has 114 valence electrons. The van der Waals surface area contributed by atoms with Crippen molar-refractivity contribution in [2.45, 2.75) is 52.9 Å². The molecule has 0 aromatic carbocycles. The molecule has 1 atom stereocenters. The molecule has 0 radical (unpaired) electrons. The predicted octanol–water partition coefficient (Wildman–Crippen LogP) is 3.97. The van der Waals surface area contributed by atoms with Crippen LogP contribution in [0, 0.1) is 11.3 Å². The van der Waals surface area contributed by atoms with E-state index in [4.69, 9.17) is 4.74 Å². The van der Waals surface area contributed by atoms with Gasteiger partial charge in [0.2, 0.25) is 0 Å². The highest BCUT2D eigenvalue weighted by Crippen LogP contribution is 2.24. The predicted molar refractivity (Wildman–Crippen MR) is 78.6 cm³/mol. The molecule has 4 nitrogen and oxygen atoms in total. The van der Waals surface area contributed by atoms with Crippen molar-refractivity contribution in [1.29, 1.82) is 0 Å². The van der Waals surface area contributed by atoms with Gasteiger partial charge >= 0.3 is 11.9 Å². The van der Waals surface area contributed by atoms with Crippen molar-refractivity contribution in [3.8, 4) is 0 Å². The Morgan fingerprint density at radius 1 is 1.10 bits per heavy atom. The summed E-state index contributed by atoms with van der Waals surface area (Å²) in [7, 11) is 0. The molecule has 0 fully saturated rings. The van der Waals surface area contributed by atoms with Gasteiger partial charge in [0.15, 0.2) is 0 Å². The number of carbonyl (C=O) groups excluding carboxylic acids is 2. The molecule has 0 amide bonds. The van der Waals surface area contributed by atoms with E-state index < -0.39 is 17.9 Å². The zero-order valence-corrected chi connectivity index (χ0v) is 12.8. The third-order valence-corrected chi connectivity index (χ3v) is 2.89. The number of rotatable bonds is 9. The van der Waals surface area contributed by atoms with Crippen LogP contribution in [0.1, 0.15) is 52.9 Å². The monoisotopic (exact) mass is 282 g/mol. The van der Waals surface area contributed by atoms with Gasteiger partial charge in [-0.05, 0) is 18.3 Å². The lowest BCUT2D eigenvalue weighted by atomic mass is 9.88. The molecule has 0 heterocycles. The van der Waals surface area contributed by atoms with Crippen molar-refractivity contribution < 1.29 is 19.1 Å². The Hall–Kier alpha value is -1.58. The molecule has 0 saturated carbocycles. The Labute approximate surface area is 121 Å². The van der Waals surface area contributed by atoms with Crippen molar-refractivity contribution in [3.05, 3.63) is 25.7 Å². The molecule has 0 spiro atoms. The summed E-state index contributed by atoms with van der Waals surface area (Å²) in [6.07, 6.45) is 5.73. The van der Waals surface area contributed by atoms with Crippen LogP contribution in [0.2, 0.25) is 0 Å². The molecule has 0 saturated heterocycles. The number of hydrogen-bond donors (Lipinski definition) is 0. The van der Waals surface area contributed by atoms with Crippen LogP contribution in [-0.2, 0) is 19.1 Å². The first kappa shape index (κ1) is 18.4. The van der Waals surface area contributed by atoms with Gasteiger partial charge in [-0.3, -0.25) is 9.59 Å². The zero-order chi connectivity index (χ0) is 15.6. The van der Waals surface area contributed by atoms with E-state index in [0.29, 0.717) is 6.42 Å². The average Bonchev–Trinajstić information content (AvgIpc) is 2.32. The normalized spacial score (nSPS) is 12.3. The first-order valence-corrected chi connectivity index (χ1v) is 6.92. The van der Waals surface area contributed by atoms with Crippen LogP contribution in [0.4, 0.5) is 0 Å². The maximum Gasteiger partial charge on any atom is 0.314 e. The summed E-state index contributed by atoms with van der Waals surface area (Å²) in [6.45, 7) is 13.2. The van der Waals surface area contributed by atoms with Crippen LogP contribution in [0.5, 0.6) is 0 Å². The fourth-order valence-electron chi connectivity index (χ4n) is 1.87. The van der Waals surface area contributed by atoms with Gasteiger partial charge < -0.3 is 9.47 Å². The minimum atomic E-state index is -0.486. The summed E-state index contributed by atoms with van der Waals surface area (Å²) >= 11 is 0. The Bertz CT molecular complexity index is 339. The third kappa shape index (κ3) is 9.36. The quantitative estimate of drug-likeness (QED) is 0.365. The van der Waals surface area contributed by atoms with Gasteiger partial charge in [0.05, 0.1) is 24.9 Å². The molecule has 0 N–H and O–H groups in total. The summed E-state index contributed by atoms with van der Waals surface area (Å²) in [5.41, 5.74) is 0.277. The lowest BCUT2D eigenvalue weighted by Crippen LogP contribution is -2.20. The summed E-state index contributed by atoms with van der Waals surface area (Å²) in [6, 6.07) is 0. The Morgan fingerprint density at radius 2 is 1.70 bits per heavy atom. The second kappa shape index (κ2) is 9.34. The number of carbonyl (C=O) groups is 2. The van der Waals surface area contributed by atoms with E-state index in [1.165, 1.54) is 0 Å². The topological polar surface area (TPSA) is 52.6 Å².